The Kier molecular flexibility index (Phi) is 6.09. The molecule has 0 unspecified atom stereocenters. The maximum atomic E-state index is 11.8. The van der Waals surface area contributed by atoms with Crippen molar-refractivity contribution in [3.05, 3.63) is 107 Å². The van der Waals surface area contributed by atoms with E-state index in [2.05, 4.69) is 47.2 Å². The highest BCUT2D eigenvalue weighted by atomic mass is 32.1. The second kappa shape index (κ2) is 9.35. The first kappa shape index (κ1) is 22.8. The maximum Gasteiger partial charge on any atom is 0.337 e. The number of carbonyl (C=O) groups is 1. The number of nitrogens with one attached hydrogen (secondary N) is 1. The van der Waals surface area contributed by atoms with E-state index in [9.17, 15) is 4.79 Å². The number of methoxy groups -OCH3 is 1. The first-order valence-corrected chi connectivity index (χ1v) is 11.7. The Hall–Kier alpha value is -3.97. The van der Waals surface area contributed by atoms with Crippen LogP contribution in [0.25, 0.3) is 11.3 Å². The van der Waals surface area contributed by atoms with Gasteiger partial charge in [0.15, 0.2) is 5.11 Å². The molecule has 2 atom stereocenters. The Morgan fingerprint density at radius 1 is 1.03 bits per heavy atom. The van der Waals surface area contributed by atoms with Crippen LogP contribution in [0, 0.1) is 13.8 Å². The van der Waals surface area contributed by atoms with Gasteiger partial charge in [0.25, 0.3) is 0 Å². The lowest BCUT2D eigenvalue weighted by molar-refractivity contribution is 0.0600. The molecule has 2 aromatic heterocycles. The number of aryl methyl sites for hydroxylation is 2. The molecule has 5 rings (SSSR count). The molecule has 4 aromatic rings. The highest BCUT2D eigenvalue weighted by Gasteiger charge is 2.42. The van der Waals surface area contributed by atoms with Crippen molar-refractivity contribution in [1.82, 2.24) is 10.3 Å². The minimum absolute atomic E-state index is 0.189. The molecule has 35 heavy (non-hydrogen) atoms. The second-order valence-electron chi connectivity index (χ2n) is 8.54. The van der Waals surface area contributed by atoms with Crippen LogP contribution in [0.4, 0.5) is 5.69 Å². The lowest BCUT2D eigenvalue weighted by Crippen LogP contribution is -2.29. The van der Waals surface area contributed by atoms with E-state index in [-0.39, 0.29) is 18.1 Å². The summed E-state index contributed by atoms with van der Waals surface area (Å²) in [6.45, 7) is 4.19. The number of benzene rings is 2. The summed E-state index contributed by atoms with van der Waals surface area (Å²) in [7, 11) is 1.37. The average molecular weight is 484 g/mol. The molecule has 0 bridgehead atoms. The van der Waals surface area contributed by atoms with Gasteiger partial charge in [-0.25, -0.2) is 4.79 Å². The van der Waals surface area contributed by atoms with Crippen molar-refractivity contribution < 1.29 is 13.9 Å². The smallest absolute Gasteiger partial charge is 0.337 e. The van der Waals surface area contributed by atoms with E-state index in [1.807, 2.05) is 42.5 Å². The number of hydrogen-bond acceptors (Lipinski definition) is 5. The van der Waals surface area contributed by atoms with E-state index in [4.69, 9.17) is 21.4 Å². The van der Waals surface area contributed by atoms with Gasteiger partial charge in [-0.05, 0) is 85.7 Å². The Labute approximate surface area is 209 Å². The third-order valence-corrected chi connectivity index (χ3v) is 6.69. The lowest BCUT2D eigenvalue weighted by Gasteiger charge is -2.26. The van der Waals surface area contributed by atoms with E-state index >= 15 is 0 Å². The van der Waals surface area contributed by atoms with Gasteiger partial charge in [-0.15, -0.1) is 0 Å². The summed E-state index contributed by atoms with van der Waals surface area (Å²) in [4.78, 5) is 18.5. The molecule has 1 N–H and O–H groups in total. The number of aromatic nitrogens is 1. The number of hydrogen-bond donors (Lipinski definition) is 1. The van der Waals surface area contributed by atoms with Gasteiger partial charge in [0.2, 0.25) is 0 Å². The highest BCUT2D eigenvalue weighted by molar-refractivity contribution is 7.80. The molecule has 176 valence electrons. The molecule has 0 spiro atoms. The normalized spacial score (nSPS) is 17.3. The monoisotopic (exact) mass is 483 g/mol. The topological polar surface area (TPSA) is 67.6 Å². The molecule has 2 aromatic carbocycles. The number of carbonyl (C=O) groups excluding carboxylic acids is 1. The van der Waals surface area contributed by atoms with Crippen LogP contribution in [-0.4, -0.2) is 23.2 Å². The van der Waals surface area contributed by atoms with Crippen LogP contribution in [0.15, 0.2) is 83.4 Å². The maximum absolute atomic E-state index is 11.8. The Bertz CT molecular complexity index is 1380. The van der Waals surface area contributed by atoms with E-state index in [0.29, 0.717) is 16.4 Å². The Morgan fingerprint density at radius 2 is 1.83 bits per heavy atom. The van der Waals surface area contributed by atoms with Crippen molar-refractivity contribution in [2.24, 2.45) is 0 Å². The van der Waals surface area contributed by atoms with E-state index in [0.717, 1.165) is 22.7 Å². The number of nitrogens with zero attached hydrogens (tertiary/aromatic N) is 2. The van der Waals surface area contributed by atoms with E-state index in [1.54, 1.807) is 18.3 Å². The van der Waals surface area contributed by atoms with Gasteiger partial charge in [-0.1, -0.05) is 24.3 Å². The van der Waals surface area contributed by atoms with Crippen LogP contribution in [0.1, 0.15) is 45.0 Å². The summed E-state index contributed by atoms with van der Waals surface area (Å²) in [5.74, 6) is 1.09. The second-order valence-corrected chi connectivity index (χ2v) is 8.92. The zero-order chi connectivity index (χ0) is 24.5. The molecule has 0 saturated carbocycles. The first-order chi connectivity index (χ1) is 17.0. The number of rotatable bonds is 5. The van der Waals surface area contributed by atoms with E-state index < -0.39 is 0 Å². The third kappa shape index (κ3) is 4.31. The minimum atomic E-state index is -0.371. The summed E-state index contributed by atoms with van der Waals surface area (Å²) in [5.41, 5.74) is 5.64. The fourth-order valence-electron chi connectivity index (χ4n) is 4.35. The number of esters is 1. The largest absolute Gasteiger partial charge is 0.465 e. The minimum Gasteiger partial charge on any atom is -0.465 e. The number of pyridine rings is 1. The molecule has 1 fully saturated rings. The zero-order valence-electron chi connectivity index (χ0n) is 19.7. The van der Waals surface area contributed by atoms with Crippen molar-refractivity contribution in [2.75, 3.05) is 12.0 Å². The average Bonchev–Trinajstić information content (AvgIpc) is 3.50. The molecule has 3 heterocycles. The highest BCUT2D eigenvalue weighted by Crippen LogP contribution is 2.43. The van der Waals surface area contributed by atoms with Gasteiger partial charge in [0.1, 0.15) is 17.6 Å². The SMILES string of the molecule is COC(=O)c1ccc(-c2ccc([C@@H]3[C@@H](c4ccccn4)NC(=S)N3c3ccc(C)c(C)c3)o2)cc1. The fourth-order valence-corrected chi connectivity index (χ4v) is 4.70. The van der Waals surface area contributed by atoms with Gasteiger partial charge < -0.3 is 19.4 Å². The summed E-state index contributed by atoms with van der Waals surface area (Å²) in [6, 6.07) is 22.9. The van der Waals surface area contributed by atoms with Crippen molar-refractivity contribution in [3.63, 3.8) is 0 Å². The predicted molar refractivity (Wildman–Crippen MR) is 139 cm³/mol. The van der Waals surface area contributed by atoms with Crippen LogP contribution in [0.3, 0.4) is 0 Å². The molecule has 0 amide bonds. The van der Waals surface area contributed by atoms with Crippen molar-refractivity contribution in [1.29, 1.82) is 0 Å². The van der Waals surface area contributed by atoms with E-state index in [1.165, 1.54) is 18.2 Å². The van der Waals surface area contributed by atoms with Gasteiger partial charge in [0, 0.05) is 17.4 Å². The summed E-state index contributed by atoms with van der Waals surface area (Å²) < 4.78 is 11.2. The molecule has 7 heteroatoms. The van der Waals surface area contributed by atoms with Crippen LogP contribution in [0.2, 0.25) is 0 Å². The Morgan fingerprint density at radius 3 is 2.51 bits per heavy atom. The quantitative estimate of drug-likeness (QED) is 0.279. The van der Waals surface area contributed by atoms with Gasteiger partial charge in [-0.2, -0.15) is 0 Å². The molecular weight excluding hydrogens is 458 g/mol. The van der Waals surface area contributed by atoms with Crippen molar-refractivity contribution in [2.45, 2.75) is 25.9 Å². The number of furan rings is 1. The summed E-state index contributed by atoms with van der Waals surface area (Å²) >= 11 is 5.80. The Balaban J connectivity index is 1.55. The lowest BCUT2D eigenvalue weighted by atomic mass is 10.0. The van der Waals surface area contributed by atoms with Crippen molar-refractivity contribution in [3.8, 4) is 11.3 Å². The fraction of sp³-hybridized carbons (Fsp3) is 0.179. The van der Waals surface area contributed by atoms with Crippen LogP contribution in [-0.2, 0) is 4.74 Å². The molecule has 1 saturated heterocycles. The molecule has 1 aliphatic heterocycles. The third-order valence-electron chi connectivity index (χ3n) is 6.38. The van der Waals surface area contributed by atoms with Crippen LogP contribution < -0.4 is 10.2 Å². The van der Waals surface area contributed by atoms with Crippen LogP contribution in [0.5, 0.6) is 0 Å². The van der Waals surface area contributed by atoms with Gasteiger partial charge in [0.05, 0.1) is 24.4 Å². The van der Waals surface area contributed by atoms with Crippen molar-refractivity contribution >= 4 is 29.0 Å². The van der Waals surface area contributed by atoms with Crippen LogP contribution >= 0.6 is 12.2 Å². The zero-order valence-corrected chi connectivity index (χ0v) is 20.5. The standard InChI is InChI=1S/C28H25N3O3S/c1-17-7-12-21(16-18(17)2)31-26(25(30-28(31)35)22-6-4-5-15-29-22)24-14-13-23(34-24)19-8-10-20(11-9-19)27(32)33-3/h4-16,25-26H,1-3H3,(H,30,35)/t25-,26-/m1/s1. The predicted octanol–water partition coefficient (Wildman–Crippen LogP) is 5.92. The summed E-state index contributed by atoms with van der Waals surface area (Å²) in [5, 5.41) is 4.08. The first-order valence-electron chi connectivity index (χ1n) is 11.3. The number of anilines is 1. The molecular formula is C28H25N3O3S. The number of thiocarbonyl (C=S) groups is 1. The summed E-state index contributed by atoms with van der Waals surface area (Å²) in [6.07, 6.45) is 1.78. The molecule has 0 radical (unpaired) electrons. The molecule has 1 aliphatic rings. The number of ether oxygens (including phenoxy) is 1. The van der Waals surface area contributed by atoms with Gasteiger partial charge in [-0.3, -0.25) is 4.98 Å². The van der Waals surface area contributed by atoms with Gasteiger partial charge >= 0.3 is 5.97 Å². The molecule has 0 aliphatic carbocycles. The molecule has 6 nitrogen and oxygen atoms in total.